The van der Waals surface area contributed by atoms with E-state index < -0.39 is 4.92 Å². The van der Waals surface area contributed by atoms with Gasteiger partial charge in [0, 0.05) is 6.04 Å². The van der Waals surface area contributed by atoms with E-state index >= 15 is 0 Å². The summed E-state index contributed by atoms with van der Waals surface area (Å²) in [6, 6.07) is 5.05. The van der Waals surface area contributed by atoms with Crippen LogP contribution in [0.3, 0.4) is 0 Å². The van der Waals surface area contributed by atoms with E-state index in [1.807, 2.05) is 6.92 Å². The first-order chi connectivity index (χ1) is 9.60. The monoisotopic (exact) mass is 280 g/mol. The van der Waals surface area contributed by atoms with Crippen molar-refractivity contribution in [2.75, 3.05) is 11.9 Å². The molecule has 0 atom stereocenters. The number of rotatable bonds is 5. The van der Waals surface area contributed by atoms with Gasteiger partial charge in [-0.25, -0.2) is 0 Å². The highest BCUT2D eigenvalue weighted by molar-refractivity contribution is 5.64. The zero-order chi connectivity index (χ0) is 14.5. The summed E-state index contributed by atoms with van der Waals surface area (Å²) < 4.78 is 5.29. The number of aliphatic hydroxyl groups excluding tert-OH is 1. The van der Waals surface area contributed by atoms with Gasteiger partial charge >= 0.3 is 0 Å². The summed E-state index contributed by atoms with van der Waals surface area (Å²) in [6.07, 6.45) is 2.89. The summed E-state index contributed by atoms with van der Waals surface area (Å²) in [5.74, 6) is 0.504. The van der Waals surface area contributed by atoms with Crippen molar-refractivity contribution in [3.63, 3.8) is 0 Å². The molecular weight excluding hydrogens is 260 g/mol. The van der Waals surface area contributed by atoms with Gasteiger partial charge in [0.15, 0.2) is 0 Å². The third-order valence-electron chi connectivity index (χ3n) is 3.53. The molecule has 0 unspecified atom stereocenters. The van der Waals surface area contributed by atoms with Crippen molar-refractivity contribution >= 4 is 11.4 Å². The van der Waals surface area contributed by atoms with E-state index in [4.69, 9.17) is 4.74 Å². The second-order valence-corrected chi connectivity index (χ2v) is 5.02. The summed E-state index contributed by atoms with van der Waals surface area (Å²) >= 11 is 0. The molecule has 1 aliphatic rings. The average molecular weight is 280 g/mol. The molecular formula is C14H20N2O4. The SMILES string of the molecule is CCOc1ccc(NC2CCC(O)CC2)c([N+](=O)[O-])c1. The van der Waals surface area contributed by atoms with Crippen molar-refractivity contribution in [2.45, 2.75) is 44.8 Å². The maximum Gasteiger partial charge on any atom is 0.296 e. The maximum absolute atomic E-state index is 11.1. The van der Waals surface area contributed by atoms with Crippen molar-refractivity contribution in [3.05, 3.63) is 28.3 Å². The molecule has 0 bridgehead atoms. The Morgan fingerprint density at radius 2 is 2.10 bits per heavy atom. The quantitative estimate of drug-likeness (QED) is 0.640. The second kappa shape index (κ2) is 6.56. The molecule has 20 heavy (non-hydrogen) atoms. The van der Waals surface area contributed by atoms with Crippen molar-refractivity contribution in [1.82, 2.24) is 0 Å². The molecule has 0 spiro atoms. The van der Waals surface area contributed by atoms with Gasteiger partial charge in [0.05, 0.1) is 23.7 Å². The number of nitrogens with one attached hydrogen (secondary N) is 1. The van der Waals surface area contributed by atoms with E-state index in [9.17, 15) is 15.2 Å². The first-order valence-corrected chi connectivity index (χ1v) is 6.96. The Kier molecular flexibility index (Phi) is 4.79. The average Bonchev–Trinajstić information content (AvgIpc) is 2.43. The number of nitrogens with zero attached hydrogens (tertiary/aromatic N) is 1. The van der Waals surface area contributed by atoms with Crippen molar-refractivity contribution in [3.8, 4) is 5.75 Å². The fourth-order valence-corrected chi connectivity index (χ4v) is 2.48. The first-order valence-electron chi connectivity index (χ1n) is 6.96. The Labute approximate surface area is 117 Å². The Balaban J connectivity index is 2.12. The molecule has 2 rings (SSSR count). The van der Waals surface area contributed by atoms with Gasteiger partial charge < -0.3 is 15.2 Å². The van der Waals surface area contributed by atoms with Gasteiger partial charge in [0.25, 0.3) is 5.69 Å². The van der Waals surface area contributed by atoms with E-state index in [1.54, 1.807) is 12.1 Å². The molecule has 6 heteroatoms. The van der Waals surface area contributed by atoms with Crippen LogP contribution in [-0.4, -0.2) is 28.8 Å². The summed E-state index contributed by atoms with van der Waals surface area (Å²) in [5.41, 5.74) is 0.543. The Hall–Kier alpha value is -1.82. The van der Waals surface area contributed by atoms with Gasteiger partial charge in [0.1, 0.15) is 11.4 Å². The van der Waals surface area contributed by atoms with Crippen molar-refractivity contribution in [1.29, 1.82) is 0 Å². The van der Waals surface area contributed by atoms with Crippen LogP contribution in [0.15, 0.2) is 18.2 Å². The van der Waals surface area contributed by atoms with Crippen LogP contribution in [0.5, 0.6) is 5.75 Å². The van der Waals surface area contributed by atoms with Gasteiger partial charge in [-0.15, -0.1) is 0 Å². The van der Waals surface area contributed by atoms with Gasteiger partial charge in [0.2, 0.25) is 0 Å². The van der Waals surface area contributed by atoms with Crippen LogP contribution in [0, 0.1) is 10.1 Å². The molecule has 2 N–H and O–H groups in total. The largest absolute Gasteiger partial charge is 0.494 e. The summed E-state index contributed by atoms with van der Waals surface area (Å²) in [4.78, 5) is 10.7. The first kappa shape index (κ1) is 14.6. The molecule has 110 valence electrons. The maximum atomic E-state index is 11.1. The van der Waals surface area contributed by atoms with Crippen LogP contribution in [0.25, 0.3) is 0 Å². The Morgan fingerprint density at radius 1 is 1.40 bits per heavy atom. The van der Waals surface area contributed by atoms with E-state index in [1.165, 1.54) is 6.07 Å². The highest BCUT2D eigenvalue weighted by Crippen LogP contribution is 2.31. The molecule has 1 saturated carbocycles. The zero-order valence-electron chi connectivity index (χ0n) is 11.5. The number of benzene rings is 1. The molecule has 1 aliphatic carbocycles. The molecule has 0 aromatic heterocycles. The number of aliphatic hydroxyl groups is 1. The number of hydrogen-bond donors (Lipinski definition) is 2. The molecule has 1 aromatic carbocycles. The fourth-order valence-electron chi connectivity index (χ4n) is 2.48. The van der Waals surface area contributed by atoms with Gasteiger partial charge in [-0.1, -0.05) is 0 Å². The lowest BCUT2D eigenvalue weighted by Gasteiger charge is -2.26. The minimum Gasteiger partial charge on any atom is -0.494 e. The van der Waals surface area contributed by atoms with E-state index in [2.05, 4.69) is 5.32 Å². The molecule has 6 nitrogen and oxygen atoms in total. The third-order valence-corrected chi connectivity index (χ3v) is 3.53. The van der Waals surface area contributed by atoms with Crippen LogP contribution in [0.1, 0.15) is 32.6 Å². The number of ether oxygens (including phenoxy) is 1. The minimum atomic E-state index is -0.400. The van der Waals surface area contributed by atoms with E-state index in [-0.39, 0.29) is 17.8 Å². The highest BCUT2D eigenvalue weighted by Gasteiger charge is 2.22. The standard InChI is InChI=1S/C14H20N2O4/c1-2-20-12-7-8-13(14(9-12)16(18)19)15-10-3-5-11(17)6-4-10/h7-11,15,17H,2-6H2,1H3. The number of nitro benzene ring substituents is 1. The van der Waals surface area contributed by atoms with Crippen LogP contribution < -0.4 is 10.1 Å². The fraction of sp³-hybridized carbons (Fsp3) is 0.571. The smallest absolute Gasteiger partial charge is 0.296 e. The van der Waals surface area contributed by atoms with Crippen LogP contribution in [-0.2, 0) is 0 Å². The Bertz CT molecular complexity index is 470. The summed E-state index contributed by atoms with van der Waals surface area (Å²) in [6.45, 7) is 2.32. The van der Waals surface area contributed by atoms with Crippen LogP contribution in [0.4, 0.5) is 11.4 Å². The minimum absolute atomic E-state index is 0.0297. The lowest BCUT2D eigenvalue weighted by Crippen LogP contribution is -2.28. The Morgan fingerprint density at radius 3 is 2.70 bits per heavy atom. The van der Waals surface area contributed by atoms with Gasteiger partial charge in [-0.3, -0.25) is 10.1 Å². The van der Waals surface area contributed by atoms with Crippen molar-refractivity contribution in [2.24, 2.45) is 0 Å². The molecule has 1 aromatic rings. The molecule has 0 heterocycles. The van der Waals surface area contributed by atoms with Crippen molar-refractivity contribution < 1.29 is 14.8 Å². The van der Waals surface area contributed by atoms with E-state index in [0.29, 0.717) is 18.0 Å². The number of hydrogen-bond acceptors (Lipinski definition) is 5. The molecule has 0 aliphatic heterocycles. The normalized spacial score (nSPS) is 22.3. The third kappa shape index (κ3) is 3.60. The summed E-state index contributed by atoms with van der Waals surface area (Å²) in [5, 5.41) is 23.8. The lowest BCUT2D eigenvalue weighted by atomic mass is 9.93. The topological polar surface area (TPSA) is 84.6 Å². The molecule has 0 radical (unpaired) electrons. The summed E-state index contributed by atoms with van der Waals surface area (Å²) in [7, 11) is 0. The number of nitro groups is 1. The van der Waals surface area contributed by atoms with Gasteiger partial charge in [-0.2, -0.15) is 0 Å². The predicted molar refractivity (Wildman–Crippen MR) is 76.2 cm³/mol. The van der Waals surface area contributed by atoms with Crippen LogP contribution >= 0.6 is 0 Å². The van der Waals surface area contributed by atoms with Gasteiger partial charge in [-0.05, 0) is 44.7 Å². The molecule has 0 amide bonds. The predicted octanol–water partition coefficient (Wildman–Crippen LogP) is 2.71. The zero-order valence-corrected chi connectivity index (χ0v) is 11.5. The highest BCUT2D eigenvalue weighted by atomic mass is 16.6. The molecule has 1 fully saturated rings. The molecule has 0 saturated heterocycles. The lowest BCUT2D eigenvalue weighted by molar-refractivity contribution is -0.384. The van der Waals surface area contributed by atoms with Crippen LogP contribution in [0.2, 0.25) is 0 Å². The number of anilines is 1. The second-order valence-electron chi connectivity index (χ2n) is 5.02. The van der Waals surface area contributed by atoms with E-state index in [0.717, 1.165) is 25.7 Å².